The van der Waals surface area contributed by atoms with Crippen LogP contribution in [0.5, 0.6) is 0 Å². The summed E-state index contributed by atoms with van der Waals surface area (Å²) in [6, 6.07) is 0. The minimum atomic E-state index is -1.30. The van der Waals surface area contributed by atoms with E-state index in [2.05, 4.69) is 13.8 Å². The van der Waals surface area contributed by atoms with E-state index in [1.54, 1.807) is 20.8 Å². The molecule has 0 aliphatic heterocycles. The van der Waals surface area contributed by atoms with Gasteiger partial charge in [-0.1, -0.05) is 19.4 Å². The molecular weight excluding hydrogens is 460 g/mol. The average molecular weight is 507 g/mol. The monoisotopic (exact) mass is 506 g/mol. The summed E-state index contributed by atoms with van der Waals surface area (Å²) in [5, 5.41) is 43.4. The molecule has 0 aromatic rings. The van der Waals surface area contributed by atoms with Crippen molar-refractivity contribution in [1.29, 1.82) is 0 Å². The van der Waals surface area contributed by atoms with Crippen LogP contribution < -0.4 is 0 Å². The van der Waals surface area contributed by atoms with E-state index in [9.17, 15) is 30.0 Å². The first-order valence-electron chi connectivity index (χ1n) is 13.7. The van der Waals surface area contributed by atoms with Crippen LogP contribution in [0.2, 0.25) is 0 Å². The fourth-order valence-corrected chi connectivity index (χ4v) is 8.68. The van der Waals surface area contributed by atoms with Crippen LogP contribution in [0.4, 0.5) is 0 Å². The third-order valence-electron chi connectivity index (χ3n) is 10.6. The number of aliphatic hydroxyl groups is 4. The summed E-state index contributed by atoms with van der Waals surface area (Å²) >= 11 is 0. The zero-order valence-electron chi connectivity index (χ0n) is 22.8. The largest absolute Gasteiger partial charge is 0.460 e. The molecule has 7 heteroatoms. The predicted molar refractivity (Wildman–Crippen MR) is 135 cm³/mol. The van der Waals surface area contributed by atoms with Crippen molar-refractivity contribution in [2.75, 3.05) is 0 Å². The fourth-order valence-electron chi connectivity index (χ4n) is 8.68. The second-order valence-electron chi connectivity index (χ2n) is 13.6. The summed E-state index contributed by atoms with van der Waals surface area (Å²) in [5.74, 6) is -0.492. The molecule has 4 rings (SSSR count). The number of hydrogen-bond acceptors (Lipinski definition) is 7. The second-order valence-corrected chi connectivity index (χ2v) is 13.6. The van der Waals surface area contributed by atoms with Gasteiger partial charge in [-0.15, -0.1) is 0 Å². The lowest BCUT2D eigenvalue weighted by atomic mass is 9.47. The van der Waals surface area contributed by atoms with Crippen molar-refractivity contribution >= 4 is 11.8 Å². The number of fused-ring (bicyclic) bond motifs is 5. The van der Waals surface area contributed by atoms with Gasteiger partial charge in [-0.3, -0.25) is 9.59 Å². The Morgan fingerprint density at radius 3 is 2.36 bits per heavy atom. The maximum atomic E-state index is 13.4. The lowest BCUT2D eigenvalue weighted by molar-refractivity contribution is -0.170. The van der Waals surface area contributed by atoms with E-state index in [4.69, 9.17) is 4.74 Å². The van der Waals surface area contributed by atoms with Crippen LogP contribution in [0.25, 0.3) is 0 Å². The zero-order chi connectivity index (χ0) is 26.8. The number of esters is 1. The predicted octanol–water partition coefficient (Wildman–Crippen LogP) is 3.31. The van der Waals surface area contributed by atoms with Crippen molar-refractivity contribution in [2.24, 2.45) is 34.5 Å². The summed E-state index contributed by atoms with van der Waals surface area (Å²) in [5.41, 5.74) is -1.71. The van der Waals surface area contributed by atoms with Crippen molar-refractivity contribution in [3.05, 3.63) is 11.6 Å². The molecule has 0 spiro atoms. The molecule has 0 radical (unpaired) electrons. The van der Waals surface area contributed by atoms with Gasteiger partial charge in [0.25, 0.3) is 0 Å². The summed E-state index contributed by atoms with van der Waals surface area (Å²) in [7, 11) is 0. The number of hydrogen-bond donors (Lipinski definition) is 4. The van der Waals surface area contributed by atoms with Gasteiger partial charge in [-0.05, 0) is 107 Å². The minimum Gasteiger partial charge on any atom is -0.460 e. The molecule has 0 amide bonds. The molecule has 4 aliphatic carbocycles. The first kappa shape index (κ1) is 27.7. The van der Waals surface area contributed by atoms with Gasteiger partial charge >= 0.3 is 5.97 Å². The Balaban J connectivity index is 1.60. The van der Waals surface area contributed by atoms with Crippen LogP contribution in [0, 0.1) is 34.5 Å². The highest BCUT2D eigenvalue weighted by Crippen LogP contribution is 2.67. The molecule has 0 aromatic heterocycles. The van der Waals surface area contributed by atoms with Crippen molar-refractivity contribution < 1.29 is 34.8 Å². The molecule has 0 heterocycles. The van der Waals surface area contributed by atoms with E-state index in [0.29, 0.717) is 25.7 Å². The summed E-state index contributed by atoms with van der Waals surface area (Å²) in [4.78, 5) is 25.1. The fraction of sp³-hybridized carbons (Fsp3) is 0.862. The van der Waals surface area contributed by atoms with E-state index < -0.39 is 40.9 Å². The Hall–Kier alpha value is -1.28. The molecule has 3 saturated carbocycles. The van der Waals surface area contributed by atoms with Gasteiger partial charge in [0.2, 0.25) is 0 Å². The van der Waals surface area contributed by atoms with Crippen molar-refractivity contribution in [2.45, 2.75) is 122 Å². The molecule has 3 fully saturated rings. The molecule has 4 aliphatic rings. The van der Waals surface area contributed by atoms with E-state index in [1.807, 2.05) is 6.08 Å². The Kier molecular flexibility index (Phi) is 7.07. The van der Waals surface area contributed by atoms with Crippen molar-refractivity contribution in [3.63, 3.8) is 0 Å². The van der Waals surface area contributed by atoms with E-state index >= 15 is 0 Å². The number of aliphatic hydroxyl groups excluding tert-OH is 2. The van der Waals surface area contributed by atoms with Crippen LogP contribution in [-0.4, -0.2) is 61.7 Å². The highest BCUT2D eigenvalue weighted by atomic mass is 16.6. The lowest BCUT2D eigenvalue weighted by Gasteiger charge is -2.58. The van der Waals surface area contributed by atoms with E-state index in [-0.39, 0.29) is 34.9 Å². The van der Waals surface area contributed by atoms with Crippen molar-refractivity contribution in [1.82, 2.24) is 0 Å². The van der Waals surface area contributed by atoms with Crippen LogP contribution in [-0.2, 0) is 14.3 Å². The molecule has 4 N–H and O–H groups in total. The Labute approximate surface area is 215 Å². The normalized spacial score (nSPS) is 42.9. The van der Waals surface area contributed by atoms with E-state index in [0.717, 1.165) is 31.3 Å². The van der Waals surface area contributed by atoms with Crippen molar-refractivity contribution in [3.8, 4) is 0 Å². The average Bonchev–Trinajstić information content (AvgIpc) is 3.11. The number of rotatable bonds is 6. The highest BCUT2D eigenvalue weighted by Gasteiger charge is 2.63. The van der Waals surface area contributed by atoms with Crippen LogP contribution in [0.1, 0.15) is 92.9 Å². The molecule has 0 bridgehead atoms. The van der Waals surface area contributed by atoms with Gasteiger partial charge in [0, 0.05) is 12.8 Å². The Bertz CT molecular complexity index is 917. The van der Waals surface area contributed by atoms with Crippen LogP contribution in [0.15, 0.2) is 11.6 Å². The second kappa shape index (κ2) is 9.18. The molecule has 7 nitrogen and oxygen atoms in total. The summed E-state index contributed by atoms with van der Waals surface area (Å²) < 4.78 is 5.48. The first-order chi connectivity index (χ1) is 16.5. The first-order valence-corrected chi connectivity index (χ1v) is 13.7. The zero-order valence-corrected chi connectivity index (χ0v) is 22.8. The lowest BCUT2D eigenvalue weighted by Crippen LogP contribution is -2.58. The third-order valence-corrected chi connectivity index (χ3v) is 10.6. The topological polar surface area (TPSA) is 124 Å². The maximum absolute atomic E-state index is 13.4. The highest BCUT2D eigenvalue weighted by molar-refractivity contribution is 5.94. The number of ketones is 1. The molecule has 10 atom stereocenters. The molecule has 0 saturated heterocycles. The smallest absolute Gasteiger partial charge is 0.302 e. The minimum absolute atomic E-state index is 0.0498. The van der Waals surface area contributed by atoms with Crippen LogP contribution in [0.3, 0.4) is 0 Å². The standard InChI is InChI=1S/C29H46O7/c1-16(30)36-23-15-28(5)19-9-12-27(4)18(17(19)13-21(31)20(28)14-22(23)32)7-8-24(27)29(6,35)25(33)10-11-26(2,3)34/h13,18-20,22-25,32-35H,7-12,14-15H2,1-6H3/t18-,19-,20+,22+,23-,24-,25+,27-,28+,29+/m0/s1. The summed E-state index contributed by atoms with van der Waals surface area (Å²) in [6.45, 7) is 10.8. The van der Waals surface area contributed by atoms with Gasteiger partial charge in [0.05, 0.1) is 23.4 Å². The van der Waals surface area contributed by atoms with Gasteiger partial charge in [0.15, 0.2) is 5.78 Å². The maximum Gasteiger partial charge on any atom is 0.302 e. The Morgan fingerprint density at radius 2 is 1.75 bits per heavy atom. The molecule has 36 heavy (non-hydrogen) atoms. The number of carbonyl (C=O) groups excluding carboxylic acids is 2. The number of carbonyl (C=O) groups is 2. The SMILES string of the molecule is CC(=O)O[C@H]1C[C@@]2(C)[C@H](C[C@H]1O)C(=O)C=C1[C@@H]2CC[C@]2(C)[C@@H]([C@@](C)(O)[C@H](O)CCC(C)(C)O)CC[C@@H]12. The quantitative estimate of drug-likeness (QED) is 0.408. The van der Waals surface area contributed by atoms with Gasteiger partial charge in [-0.25, -0.2) is 0 Å². The van der Waals surface area contributed by atoms with Gasteiger partial charge < -0.3 is 25.2 Å². The van der Waals surface area contributed by atoms with Gasteiger partial charge in [-0.2, -0.15) is 0 Å². The molecule has 0 unspecified atom stereocenters. The molecule has 0 aromatic carbocycles. The van der Waals surface area contributed by atoms with E-state index in [1.165, 1.54) is 6.92 Å². The number of ether oxygens (including phenoxy) is 1. The van der Waals surface area contributed by atoms with Gasteiger partial charge in [0.1, 0.15) is 6.10 Å². The molecular formula is C29H46O7. The Morgan fingerprint density at radius 1 is 1.11 bits per heavy atom. The third kappa shape index (κ3) is 4.59. The summed E-state index contributed by atoms with van der Waals surface area (Å²) in [6.07, 6.45) is 4.27. The van der Waals surface area contributed by atoms with Crippen LogP contribution >= 0.6 is 0 Å². The molecule has 204 valence electrons. The number of allylic oxidation sites excluding steroid dienone is 2.